The Bertz CT molecular complexity index is 1390. The number of phenolic OH excluding ortho intramolecular Hbond substituents is 2. The highest BCUT2D eigenvalue weighted by atomic mass is 16.7. The number of rotatable bonds is 6. The molecule has 2 aromatic rings. The topological polar surface area (TPSA) is 195 Å². The van der Waals surface area contributed by atoms with Gasteiger partial charge in [-0.25, -0.2) is 0 Å². The number of phenols is 2. The molecule has 3 aliphatic rings. The number of benzene rings is 2. The summed E-state index contributed by atoms with van der Waals surface area (Å²) < 4.78 is 22.1. The van der Waals surface area contributed by atoms with Gasteiger partial charge in [0.25, 0.3) is 0 Å². The molecule has 12 heteroatoms. The van der Waals surface area contributed by atoms with E-state index >= 15 is 0 Å². The number of methoxy groups -OCH3 is 2. The molecule has 0 radical (unpaired) electrons. The molecule has 1 heterocycles. The third-order valence-electron chi connectivity index (χ3n) is 7.94. The van der Waals surface area contributed by atoms with Crippen LogP contribution in [0.25, 0.3) is 0 Å². The number of hydrogen-bond acceptors (Lipinski definition) is 12. The highest BCUT2D eigenvalue weighted by Gasteiger charge is 2.50. The number of fused-ring (bicyclic) bond motifs is 3. The van der Waals surface area contributed by atoms with Gasteiger partial charge >= 0.3 is 0 Å². The van der Waals surface area contributed by atoms with Crippen LogP contribution in [0.3, 0.4) is 0 Å². The second-order valence-electron chi connectivity index (χ2n) is 10.4. The first-order valence-corrected chi connectivity index (χ1v) is 12.8. The van der Waals surface area contributed by atoms with Crippen LogP contribution in [-0.2, 0) is 25.4 Å². The molecule has 0 bridgehead atoms. The van der Waals surface area contributed by atoms with Gasteiger partial charge in [-0.15, -0.1) is 0 Å². The average molecular weight is 558 g/mol. The first-order chi connectivity index (χ1) is 18.9. The van der Waals surface area contributed by atoms with Crippen molar-refractivity contribution in [1.29, 1.82) is 0 Å². The molecule has 2 aliphatic carbocycles. The van der Waals surface area contributed by atoms with Crippen molar-refractivity contribution in [2.45, 2.75) is 62.4 Å². The van der Waals surface area contributed by atoms with Crippen LogP contribution in [0.15, 0.2) is 18.2 Å². The molecule has 1 saturated heterocycles. The standard InChI is InChI=1S/C28H31NO11/c1-11-23(31)14(29)7-18(39-11)40-16-9-28(36,17(30)10-37-2)8-13-20(16)27(35)22-21(25(13)33)24(32)12-5-4-6-15(38-3)19(12)26(22)34/h4-6,11,14,16,18,23,31,33,35-36H,7-10,29H2,1-3H3. The van der Waals surface area contributed by atoms with Gasteiger partial charge < -0.3 is 45.1 Å². The third-order valence-corrected chi connectivity index (χ3v) is 7.94. The van der Waals surface area contributed by atoms with Crippen molar-refractivity contribution in [3.63, 3.8) is 0 Å². The minimum Gasteiger partial charge on any atom is -0.507 e. The van der Waals surface area contributed by atoms with Gasteiger partial charge in [-0.1, -0.05) is 12.1 Å². The number of hydrogen-bond donors (Lipinski definition) is 5. The number of ether oxygens (including phenoxy) is 4. The fourth-order valence-electron chi connectivity index (χ4n) is 5.87. The van der Waals surface area contributed by atoms with Crippen molar-refractivity contribution < 1.29 is 53.8 Å². The van der Waals surface area contributed by atoms with Crippen molar-refractivity contribution in [3.05, 3.63) is 51.6 Å². The number of aliphatic hydroxyl groups excluding tert-OH is 1. The van der Waals surface area contributed by atoms with Crippen molar-refractivity contribution in [3.8, 4) is 17.2 Å². The van der Waals surface area contributed by atoms with Gasteiger partial charge in [0.2, 0.25) is 5.78 Å². The zero-order chi connectivity index (χ0) is 29.1. The predicted molar refractivity (Wildman–Crippen MR) is 137 cm³/mol. The molecule has 40 heavy (non-hydrogen) atoms. The first kappa shape index (κ1) is 28.1. The molecule has 5 rings (SSSR count). The number of aromatic hydroxyl groups is 2. The SMILES string of the molecule is COCC(=O)C1(O)Cc2c(O)c3c(c(O)c2C(OC2CC(N)C(O)C(C)O2)C1)C(=O)c1c(OC)cccc1C3=O. The smallest absolute Gasteiger partial charge is 0.202 e. The first-order valence-electron chi connectivity index (χ1n) is 12.8. The molecular weight excluding hydrogens is 526 g/mol. The van der Waals surface area contributed by atoms with E-state index in [2.05, 4.69) is 0 Å². The third kappa shape index (κ3) is 4.28. The molecule has 0 amide bonds. The van der Waals surface area contributed by atoms with E-state index < -0.39 is 89.2 Å². The summed E-state index contributed by atoms with van der Waals surface area (Å²) in [6.07, 6.45) is -4.80. The Morgan fingerprint density at radius 1 is 1.12 bits per heavy atom. The van der Waals surface area contributed by atoms with Crippen molar-refractivity contribution in [2.24, 2.45) is 5.73 Å². The fraction of sp³-hybridized carbons (Fsp3) is 0.464. The second-order valence-corrected chi connectivity index (χ2v) is 10.4. The summed E-state index contributed by atoms with van der Waals surface area (Å²) in [6, 6.07) is 3.71. The quantitative estimate of drug-likeness (QED) is 0.266. The summed E-state index contributed by atoms with van der Waals surface area (Å²) >= 11 is 0. The van der Waals surface area contributed by atoms with Gasteiger partial charge in [0, 0.05) is 49.1 Å². The van der Waals surface area contributed by atoms with Crippen LogP contribution in [0.2, 0.25) is 0 Å². The van der Waals surface area contributed by atoms with Gasteiger partial charge in [-0.3, -0.25) is 14.4 Å². The van der Waals surface area contributed by atoms with Gasteiger partial charge in [-0.2, -0.15) is 0 Å². The fourth-order valence-corrected chi connectivity index (χ4v) is 5.87. The molecule has 0 saturated carbocycles. The van der Waals surface area contributed by atoms with Crippen LogP contribution in [0.5, 0.6) is 17.2 Å². The number of carbonyl (C=O) groups is 3. The maximum Gasteiger partial charge on any atom is 0.202 e. The minimum absolute atomic E-state index is 0.0297. The van der Waals surface area contributed by atoms with E-state index in [0.717, 1.165) is 0 Å². The van der Waals surface area contributed by atoms with Crippen LogP contribution in [0.4, 0.5) is 0 Å². The molecule has 0 aromatic heterocycles. The molecule has 0 spiro atoms. The Morgan fingerprint density at radius 3 is 2.48 bits per heavy atom. The van der Waals surface area contributed by atoms with Gasteiger partial charge in [0.15, 0.2) is 17.9 Å². The molecular formula is C28H31NO11. The maximum atomic E-state index is 13.7. The molecule has 12 nitrogen and oxygen atoms in total. The summed E-state index contributed by atoms with van der Waals surface area (Å²) in [7, 11) is 2.62. The van der Waals surface area contributed by atoms with Crippen LogP contribution in [0, 0.1) is 0 Å². The van der Waals surface area contributed by atoms with Gasteiger partial charge in [-0.05, 0) is 13.0 Å². The Labute approximate surface area is 229 Å². The highest BCUT2D eigenvalue weighted by molar-refractivity contribution is 6.31. The molecule has 6 N–H and O–H groups in total. The van der Waals surface area contributed by atoms with Gasteiger partial charge in [0.05, 0.1) is 42.1 Å². The van der Waals surface area contributed by atoms with E-state index in [9.17, 15) is 34.8 Å². The second kappa shape index (κ2) is 10.2. The summed E-state index contributed by atoms with van der Waals surface area (Å²) in [4.78, 5) is 40.2. The summed E-state index contributed by atoms with van der Waals surface area (Å²) in [5.74, 6) is -3.37. The average Bonchev–Trinajstić information content (AvgIpc) is 2.91. The monoisotopic (exact) mass is 557 g/mol. The van der Waals surface area contributed by atoms with E-state index in [1.165, 1.54) is 32.4 Å². The number of aliphatic hydroxyl groups is 2. The molecule has 2 aromatic carbocycles. The number of carbonyl (C=O) groups excluding carboxylic acids is 3. The van der Waals surface area contributed by atoms with Crippen LogP contribution in [-0.4, -0.2) is 88.7 Å². The molecule has 1 aliphatic heterocycles. The van der Waals surface area contributed by atoms with E-state index in [1.54, 1.807) is 6.92 Å². The van der Waals surface area contributed by atoms with Crippen molar-refractivity contribution in [2.75, 3.05) is 20.8 Å². The minimum atomic E-state index is -2.11. The van der Waals surface area contributed by atoms with Crippen molar-refractivity contribution >= 4 is 17.3 Å². The van der Waals surface area contributed by atoms with Crippen LogP contribution >= 0.6 is 0 Å². The lowest BCUT2D eigenvalue weighted by Gasteiger charge is -2.42. The Morgan fingerprint density at radius 2 is 1.82 bits per heavy atom. The summed E-state index contributed by atoms with van der Waals surface area (Å²) in [5, 5.41) is 44.6. The summed E-state index contributed by atoms with van der Waals surface area (Å²) in [6.45, 7) is 1.15. The van der Waals surface area contributed by atoms with E-state index in [0.29, 0.717) is 0 Å². The highest BCUT2D eigenvalue weighted by Crippen LogP contribution is 2.52. The number of nitrogens with two attached hydrogens (primary N) is 1. The van der Waals surface area contributed by atoms with Gasteiger partial charge in [0.1, 0.15) is 29.5 Å². The summed E-state index contributed by atoms with van der Waals surface area (Å²) in [5.41, 5.74) is 2.75. The molecule has 6 atom stereocenters. The zero-order valence-electron chi connectivity index (χ0n) is 22.2. The lowest BCUT2D eigenvalue weighted by Crippen LogP contribution is -2.53. The Balaban J connectivity index is 1.68. The zero-order valence-corrected chi connectivity index (χ0v) is 22.2. The Hall–Kier alpha value is -3.39. The van der Waals surface area contributed by atoms with E-state index in [1.807, 2.05) is 0 Å². The van der Waals surface area contributed by atoms with Crippen LogP contribution < -0.4 is 10.5 Å². The maximum absolute atomic E-state index is 13.7. The lowest BCUT2D eigenvalue weighted by molar-refractivity contribution is -0.247. The number of ketones is 3. The normalized spacial score (nSPS) is 29.4. The van der Waals surface area contributed by atoms with E-state index in [-0.39, 0.29) is 40.8 Å². The van der Waals surface area contributed by atoms with Crippen LogP contribution in [0.1, 0.15) is 68.8 Å². The lowest BCUT2D eigenvalue weighted by atomic mass is 9.72. The predicted octanol–water partition coefficient (Wildman–Crippen LogP) is 0.655. The largest absolute Gasteiger partial charge is 0.507 e. The Kier molecular flexibility index (Phi) is 7.19. The number of Topliss-reactive ketones (excluding diaryl/α,β-unsaturated/α-hetero) is 1. The molecule has 1 fully saturated rings. The molecule has 6 unspecified atom stereocenters. The van der Waals surface area contributed by atoms with Crippen molar-refractivity contribution in [1.82, 2.24) is 0 Å². The van der Waals surface area contributed by atoms with E-state index in [4.69, 9.17) is 24.7 Å². The molecule has 214 valence electrons.